The number of carbonyl (C=O) groups is 1. The molecule has 1 amide bonds. The molecule has 2 aliphatic rings. The highest BCUT2D eigenvalue weighted by Crippen LogP contribution is 2.28. The summed E-state index contributed by atoms with van der Waals surface area (Å²) in [6, 6.07) is 10.0. The second kappa shape index (κ2) is 5.63. The predicted molar refractivity (Wildman–Crippen MR) is 79.0 cm³/mol. The Hall–Kier alpha value is -2.24. The quantitative estimate of drug-likeness (QED) is 0.627. The molecule has 1 atom stereocenters. The monoisotopic (exact) mass is 288 g/mol. The minimum atomic E-state index is -0.937. The number of hydrogen-bond acceptors (Lipinski definition) is 3. The largest absolute Gasteiger partial charge is 0.379 e. The van der Waals surface area contributed by atoms with Gasteiger partial charge in [-0.25, -0.2) is 9.38 Å². The number of rotatable bonds is 1. The first-order chi connectivity index (χ1) is 10.1. The van der Waals surface area contributed by atoms with Gasteiger partial charge in [0.1, 0.15) is 12.0 Å². The Kier molecular flexibility index (Phi) is 3.68. The van der Waals surface area contributed by atoms with Crippen molar-refractivity contribution in [3.63, 3.8) is 0 Å². The number of nitrogens with two attached hydrogens (primary N) is 1. The summed E-state index contributed by atoms with van der Waals surface area (Å²) in [6.07, 6.45) is 0.618. The van der Waals surface area contributed by atoms with Crippen molar-refractivity contribution >= 4 is 17.6 Å². The van der Waals surface area contributed by atoms with Crippen molar-refractivity contribution in [3.05, 3.63) is 35.9 Å². The van der Waals surface area contributed by atoms with Gasteiger partial charge >= 0.3 is 0 Å². The molecule has 1 aromatic rings. The number of amidine groups is 2. The maximum Gasteiger partial charge on any atom is 0.289 e. The molecule has 1 aromatic carbocycles. The molecular formula is C15H17FN4O. The first-order valence-corrected chi connectivity index (χ1v) is 7.02. The van der Waals surface area contributed by atoms with Crippen LogP contribution in [0.3, 0.4) is 0 Å². The van der Waals surface area contributed by atoms with Gasteiger partial charge < -0.3 is 10.6 Å². The molecule has 110 valence electrons. The van der Waals surface area contributed by atoms with Crippen LogP contribution in [0.4, 0.5) is 4.39 Å². The number of nitrogens with zero attached hydrogens (tertiary/aromatic N) is 3. The van der Waals surface area contributed by atoms with E-state index in [0.717, 1.165) is 12.0 Å². The van der Waals surface area contributed by atoms with Gasteiger partial charge in [-0.05, 0) is 12.0 Å². The summed E-state index contributed by atoms with van der Waals surface area (Å²) in [5.74, 6) is 0.0798. The SMILES string of the molecule is NC(=NC1=NC(c2ccccc2)CC1)C(=O)N1CC(F)C1. The van der Waals surface area contributed by atoms with Gasteiger partial charge in [-0.15, -0.1) is 0 Å². The Morgan fingerprint density at radius 3 is 2.71 bits per heavy atom. The van der Waals surface area contributed by atoms with Crippen LogP contribution < -0.4 is 5.73 Å². The molecule has 6 heteroatoms. The maximum atomic E-state index is 12.7. The lowest BCUT2D eigenvalue weighted by Gasteiger charge is -2.33. The van der Waals surface area contributed by atoms with E-state index >= 15 is 0 Å². The Morgan fingerprint density at radius 1 is 1.33 bits per heavy atom. The van der Waals surface area contributed by atoms with Gasteiger partial charge in [-0.1, -0.05) is 30.3 Å². The van der Waals surface area contributed by atoms with Crippen LogP contribution in [0.1, 0.15) is 24.4 Å². The van der Waals surface area contributed by atoms with E-state index in [9.17, 15) is 9.18 Å². The van der Waals surface area contributed by atoms with Gasteiger partial charge in [0.25, 0.3) is 5.91 Å². The Morgan fingerprint density at radius 2 is 2.05 bits per heavy atom. The lowest BCUT2D eigenvalue weighted by atomic mass is 10.1. The number of halogens is 1. The van der Waals surface area contributed by atoms with E-state index in [1.165, 1.54) is 4.90 Å². The summed E-state index contributed by atoms with van der Waals surface area (Å²) in [5.41, 5.74) is 6.83. The van der Waals surface area contributed by atoms with Crippen molar-refractivity contribution in [2.75, 3.05) is 13.1 Å². The maximum absolute atomic E-state index is 12.7. The zero-order valence-corrected chi connectivity index (χ0v) is 11.6. The topological polar surface area (TPSA) is 71.0 Å². The van der Waals surface area contributed by atoms with Gasteiger partial charge in [-0.3, -0.25) is 9.79 Å². The van der Waals surface area contributed by atoms with E-state index in [1.807, 2.05) is 30.3 Å². The van der Waals surface area contributed by atoms with Crippen LogP contribution in [0.25, 0.3) is 0 Å². The van der Waals surface area contributed by atoms with Crippen molar-refractivity contribution in [1.82, 2.24) is 4.90 Å². The fraction of sp³-hybridized carbons (Fsp3) is 0.400. The van der Waals surface area contributed by atoms with E-state index in [2.05, 4.69) is 9.98 Å². The molecule has 21 heavy (non-hydrogen) atoms. The molecule has 2 heterocycles. The highest BCUT2D eigenvalue weighted by Gasteiger charge is 2.32. The molecule has 0 aromatic heterocycles. The predicted octanol–water partition coefficient (Wildman–Crippen LogP) is 1.46. The lowest BCUT2D eigenvalue weighted by molar-refractivity contribution is -0.130. The zero-order chi connectivity index (χ0) is 14.8. The van der Waals surface area contributed by atoms with Crippen molar-refractivity contribution in [1.29, 1.82) is 0 Å². The smallest absolute Gasteiger partial charge is 0.289 e. The molecule has 3 rings (SSSR count). The lowest BCUT2D eigenvalue weighted by Crippen LogP contribution is -2.55. The van der Waals surface area contributed by atoms with Crippen molar-refractivity contribution in [2.45, 2.75) is 25.1 Å². The Balaban J connectivity index is 1.67. The van der Waals surface area contributed by atoms with E-state index < -0.39 is 12.1 Å². The fourth-order valence-corrected chi connectivity index (χ4v) is 2.52. The summed E-state index contributed by atoms with van der Waals surface area (Å²) in [5, 5.41) is 0. The minimum Gasteiger partial charge on any atom is -0.379 e. The van der Waals surface area contributed by atoms with E-state index in [1.54, 1.807) is 0 Å². The van der Waals surface area contributed by atoms with Crippen LogP contribution in [0.5, 0.6) is 0 Å². The molecule has 1 unspecified atom stereocenters. The third kappa shape index (κ3) is 2.94. The molecule has 0 bridgehead atoms. The van der Waals surface area contributed by atoms with Gasteiger partial charge in [-0.2, -0.15) is 0 Å². The first-order valence-electron chi connectivity index (χ1n) is 7.02. The Labute approximate surface area is 122 Å². The van der Waals surface area contributed by atoms with E-state index in [-0.39, 0.29) is 25.0 Å². The number of benzene rings is 1. The molecule has 0 aliphatic carbocycles. The molecule has 1 fully saturated rings. The average Bonchev–Trinajstić information content (AvgIpc) is 2.92. The second-order valence-corrected chi connectivity index (χ2v) is 5.31. The van der Waals surface area contributed by atoms with Crippen LogP contribution in [-0.4, -0.2) is 41.7 Å². The standard InChI is InChI=1S/C15H17FN4O/c16-11-8-20(9-11)15(21)14(17)19-13-7-6-12(18-13)10-4-2-1-3-5-10/h1-5,11-12H,6-9H2,(H2,17,18,19). The second-order valence-electron chi connectivity index (χ2n) is 5.31. The number of amides is 1. The highest BCUT2D eigenvalue weighted by atomic mass is 19.1. The van der Waals surface area contributed by atoms with Gasteiger partial charge in [0.05, 0.1) is 19.1 Å². The molecule has 0 radical (unpaired) electrons. The van der Waals surface area contributed by atoms with Crippen LogP contribution >= 0.6 is 0 Å². The normalized spacial score (nSPS) is 22.9. The van der Waals surface area contributed by atoms with Gasteiger partial charge in [0.15, 0.2) is 5.84 Å². The molecule has 2 N–H and O–H groups in total. The molecule has 2 aliphatic heterocycles. The summed E-state index contributed by atoms with van der Waals surface area (Å²) < 4.78 is 12.7. The summed E-state index contributed by atoms with van der Waals surface area (Å²) in [6.45, 7) is 0.211. The van der Waals surface area contributed by atoms with Crippen LogP contribution in [-0.2, 0) is 4.79 Å². The van der Waals surface area contributed by atoms with Crippen LogP contribution in [0.15, 0.2) is 40.3 Å². The third-order valence-corrected chi connectivity index (χ3v) is 3.72. The Bertz CT molecular complexity index is 593. The van der Waals surface area contributed by atoms with Crippen molar-refractivity contribution in [2.24, 2.45) is 15.7 Å². The molecular weight excluding hydrogens is 271 g/mol. The highest BCUT2D eigenvalue weighted by molar-refractivity contribution is 6.39. The number of likely N-dealkylation sites (tertiary alicyclic amines) is 1. The number of hydrogen-bond donors (Lipinski definition) is 1. The molecule has 5 nitrogen and oxygen atoms in total. The molecule has 0 spiro atoms. The fourth-order valence-electron chi connectivity index (χ4n) is 2.52. The molecule has 1 saturated heterocycles. The van der Waals surface area contributed by atoms with E-state index in [0.29, 0.717) is 12.3 Å². The number of carbonyl (C=O) groups excluding carboxylic acids is 1. The molecule has 0 saturated carbocycles. The van der Waals surface area contributed by atoms with Crippen LogP contribution in [0, 0.1) is 0 Å². The minimum absolute atomic E-state index is 0.0760. The zero-order valence-electron chi connectivity index (χ0n) is 11.6. The summed E-state index contributed by atoms with van der Waals surface area (Å²) >= 11 is 0. The first kappa shape index (κ1) is 13.7. The average molecular weight is 288 g/mol. The van der Waals surface area contributed by atoms with Gasteiger partial charge in [0.2, 0.25) is 0 Å². The number of alkyl halides is 1. The van der Waals surface area contributed by atoms with Crippen molar-refractivity contribution in [3.8, 4) is 0 Å². The summed E-state index contributed by atoms with van der Waals surface area (Å²) in [7, 11) is 0. The van der Waals surface area contributed by atoms with Crippen LogP contribution in [0.2, 0.25) is 0 Å². The van der Waals surface area contributed by atoms with Crippen molar-refractivity contribution < 1.29 is 9.18 Å². The van der Waals surface area contributed by atoms with Gasteiger partial charge in [0, 0.05) is 6.42 Å². The van der Waals surface area contributed by atoms with E-state index in [4.69, 9.17) is 5.73 Å². The summed E-state index contributed by atoms with van der Waals surface area (Å²) in [4.78, 5) is 21.8. The third-order valence-electron chi connectivity index (χ3n) is 3.72. The number of aliphatic imine (C=N–C) groups is 2.